The minimum absolute atomic E-state index is 0.500. The van der Waals surface area contributed by atoms with E-state index in [0.29, 0.717) is 0 Å². The molecule has 1 saturated heterocycles. The summed E-state index contributed by atoms with van der Waals surface area (Å²) in [6, 6.07) is -2.01. The van der Waals surface area contributed by atoms with Gasteiger partial charge in [0.05, 0.1) is 12.1 Å². The number of carbonyl (C=O) groups excluding carboxylic acids is 2. The average Bonchev–Trinajstić information content (AvgIpc) is 2.12. The molecule has 0 spiro atoms. The first-order valence-electron chi connectivity index (χ1n) is 4.98. The minimum atomic E-state index is -4.58. The van der Waals surface area contributed by atoms with Crippen molar-refractivity contribution in [3.05, 3.63) is 0 Å². The summed E-state index contributed by atoms with van der Waals surface area (Å²) in [5.41, 5.74) is 3.67. The molecule has 0 aromatic rings. The molecule has 1 rings (SSSR count). The third kappa shape index (κ3) is 2.58. The summed E-state index contributed by atoms with van der Waals surface area (Å²) < 4.78 is 38.2. The molecule has 1 fully saturated rings. The highest BCUT2D eigenvalue weighted by molar-refractivity contribution is 6.03. The third-order valence-corrected chi connectivity index (χ3v) is 2.82. The van der Waals surface area contributed by atoms with Gasteiger partial charge in [-0.2, -0.15) is 13.2 Å². The zero-order valence-corrected chi connectivity index (χ0v) is 9.47. The number of nitrogens with zero attached hydrogens (tertiary/aromatic N) is 1. The van der Waals surface area contributed by atoms with Crippen LogP contribution in [-0.4, -0.2) is 47.6 Å². The van der Waals surface area contributed by atoms with Crippen LogP contribution in [0.15, 0.2) is 0 Å². The molecule has 1 heterocycles. The molecule has 8 heteroatoms. The molecule has 0 aromatic carbocycles. The molecule has 1 aliphatic heterocycles. The molecule has 0 saturated carbocycles. The normalized spacial score (nSPS) is 23.4. The van der Waals surface area contributed by atoms with Gasteiger partial charge in [0.2, 0.25) is 11.8 Å². The van der Waals surface area contributed by atoms with Crippen molar-refractivity contribution in [2.24, 2.45) is 5.73 Å². The molecule has 0 bridgehead atoms. The van der Waals surface area contributed by atoms with Crippen molar-refractivity contribution in [2.45, 2.75) is 31.6 Å². The number of nitrogens with one attached hydrogen (secondary N) is 1. The summed E-state index contributed by atoms with van der Waals surface area (Å²) in [5, 5.41) is 2.00. The Labute approximate surface area is 96.1 Å². The minimum Gasteiger partial charge on any atom is -0.329 e. The van der Waals surface area contributed by atoms with Crippen LogP contribution in [0.1, 0.15) is 13.8 Å². The lowest BCUT2D eigenvalue weighted by atomic mass is 9.96. The first-order chi connectivity index (χ1) is 7.60. The Morgan fingerprint density at radius 1 is 1.47 bits per heavy atom. The number of hydrogen-bond donors (Lipinski definition) is 2. The van der Waals surface area contributed by atoms with Gasteiger partial charge in [-0.3, -0.25) is 19.8 Å². The zero-order valence-electron chi connectivity index (χ0n) is 9.47. The lowest BCUT2D eigenvalue weighted by Crippen LogP contribution is -2.69. The molecule has 3 N–H and O–H groups in total. The van der Waals surface area contributed by atoms with E-state index in [0.717, 1.165) is 4.90 Å². The van der Waals surface area contributed by atoms with E-state index in [4.69, 9.17) is 5.73 Å². The van der Waals surface area contributed by atoms with Gasteiger partial charge in [-0.25, -0.2) is 0 Å². The van der Waals surface area contributed by atoms with Crippen molar-refractivity contribution in [2.75, 3.05) is 13.1 Å². The standard InChI is InChI=1S/C9H14F3N3O2/c1-8(2)7(17)14-6(16)4-15(8)5(3-13)9(10,11)12/h5H,3-4,13H2,1-2H3,(H,14,16,17). The summed E-state index contributed by atoms with van der Waals surface area (Å²) in [6.45, 7) is 1.44. The molecule has 1 unspecified atom stereocenters. The smallest absolute Gasteiger partial charge is 0.329 e. The maximum atomic E-state index is 12.7. The van der Waals surface area contributed by atoms with Gasteiger partial charge in [-0.1, -0.05) is 0 Å². The molecule has 2 amide bonds. The Hall–Kier alpha value is -1.15. The lowest BCUT2D eigenvalue weighted by molar-refractivity contribution is -0.198. The van der Waals surface area contributed by atoms with E-state index in [2.05, 4.69) is 0 Å². The van der Waals surface area contributed by atoms with E-state index in [1.165, 1.54) is 13.8 Å². The highest BCUT2D eigenvalue weighted by Gasteiger charge is 2.52. The summed E-state index contributed by atoms with van der Waals surface area (Å²) in [6.07, 6.45) is -4.58. The summed E-state index contributed by atoms with van der Waals surface area (Å²) in [5.74, 6) is -1.51. The predicted molar refractivity (Wildman–Crippen MR) is 52.8 cm³/mol. The van der Waals surface area contributed by atoms with Crippen LogP contribution in [0.4, 0.5) is 13.2 Å². The number of amides is 2. The van der Waals surface area contributed by atoms with Crippen LogP contribution in [0.5, 0.6) is 0 Å². The van der Waals surface area contributed by atoms with Gasteiger partial charge in [0, 0.05) is 6.54 Å². The van der Waals surface area contributed by atoms with Crippen molar-refractivity contribution < 1.29 is 22.8 Å². The molecular weight excluding hydrogens is 239 g/mol. The fourth-order valence-corrected chi connectivity index (χ4v) is 1.74. The van der Waals surface area contributed by atoms with Crippen LogP contribution in [0.25, 0.3) is 0 Å². The summed E-state index contributed by atoms with van der Waals surface area (Å²) >= 11 is 0. The quantitative estimate of drug-likeness (QED) is 0.657. The summed E-state index contributed by atoms with van der Waals surface area (Å²) in [4.78, 5) is 23.4. The van der Waals surface area contributed by atoms with E-state index < -0.39 is 42.7 Å². The molecule has 5 nitrogen and oxygen atoms in total. The van der Waals surface area contributed by atoms with E-state index >= 15 is 0 Å². The van der Waals surface area contributed by atoms with Gasteiger partial charge in [0.1, 0.15) is 6.04 Å². The van der Waals surface area contributed by atoms with Crippen LogP contribution < -0.4 is 11.1 Å². The second-order valence-electron chi connectivity index (χ2n) is 4.36. The maximum Gasteiger partial charge on any atom is 0.405 e. The fourth-order valence-electron chi connectivity index (χ4n) is 1.74. The van der Waals surface area contributed by atoms with Crippen molar-refractivity contribution in [1.82, 2.24) is 10.2 Å². The summed E-state index contributed by atoms with van der Waals surface area (Å²) in [7, 11) is 0. The van der Waals surface area contributed by atoms with E-state index in [9.17, 15) is 22.8 Å². The molecule has 0 aromatic heterocycles. The maximum absolute atomic E-state index is 12.7. The van der Waals surface area contributed by atoms with E-state index in [-0.39, 0.29) is 0 Å². The first-order valence-corrected chi connectivity index (χ1v) is 4.98. The SMILES string of the molecule is CC1(C)C(=O)NC(=O)CN1C(CN)C(F)(F)F. The number of nitrogens with two attached hydrogens (primary N) is 1. The number of imide groups is 1. The number of alkyl halides is 3. The highest BCUT2D eigenvalue weighted by Crippen LogP contribution is 2.30. The Morgan fingerprint density at radius 2 is 2.00 bits per heavy atom. The molecule has 0 radical (unpaired) electrons. The Morgan fingerprint density at radius 3 is 2.41 bits per heavy atom. The van der Waals surface area contributed by atoms with Crippen LogP contribution >= 0.6 is 0 Å². The van der Waals surface area contributed by atoms with Crippen molar-refractivity contribution in [3.63, 3.8) is 0 Å². The topological polar surface area (TPSA) is 75.4 Å². The molecule has 17 heavy (non-hydrogen) atoms. The van der Waals surface area contributed by atoms with Gasteiger partial charge in [0.15, 0.2) is 0 Å². The highest BCUT2D eigenvalue weighted by atomic mass is 19.4. The van der Waals surface area contributed by atoms with Crippen molar-refractivity contribution >= 4 is 11.8 Å². The monoisotopic (exact) mass is 253 g/mol. The largest absolute Gasteiger partial charge is 0.405 e. The second-order valence-corrected chi connectivity index (χ2v) is 4.36. The van der Waals surface area contributed by atoms with Crippen molar-refractivity contribution in [1.29, 1.82) is 0 Å². The van der Waals surface area contributed by atoms with Crippen molar-refractivity contribution in [3.8, 4) is 0 Å². The molecule has 98 valence electrons. The molecular formula is C9H14F3N3O2. The Balaban J connectivity index is 3.08. The van der Waals surface area contributed by atoms with E-state index in [1.807, 2.05) is 5.32 Å². The number of hydrogen-bond acceptors (Lipinski definition) is 4. The molecule has 1 atom stereocenters. The van der Waals surface area contributed by atoms with Gasteiger partial charge < -0.3 is 5.73 Å². The molecule has 1 aliphatic rings. The van der Waals surface area contributed by atoms with Crippen LogP contribution in [0, 0.1) is 0 Å². The number of rotatable bonds is 2. The van der Waals surface area contributed by atoms with Crippen LogP contribution in [0.3, 0.4) is 0 Å². The van der Waals surface area contributed by atoms with Gasteiger partial charge >= 0.3 is 6.18 Å². The van der Waals surface area contributed by atoms with E-state index in [1.54, 1.807) is 0 Å². The van der Waals surface area contributed by atoms with Crippen LogP contribution in [-0.2, 0) is 9.59 Å². The van der Waals surface area contributed by atoms with Gasteiger partial charge in [-0.05, 0) is 13.8 Å². The number of carbonyl (C=O) groups is 2. The Kier molecular flexibility index (Phi) is 3.49. The second kappa shape index (κ2) is 4.26. The van der Waals surface area contributed by atoms with Gasteiger partial charge in [-0.15, -0.1) is 0 Å². The average molecular weight is 253 g/mol. The fraction of sp³-hybridized carbons (Fsp3) is 0.778. The first kappa shape index (κ1) is 13.9. The van der Waals surface area contributed by atoms with Gasteiger partial charge in [0.25, 0.3) is 0 Å². The number of piperazine rings is 1. The molecule has 0 aliphatic carbocycles. The zero-order chi connectivity index (χ0) is 13.4. The van der Waals surface area contributed by atoms with Crippen LogP contribution in [0.2, 0.25) is 0 Å². The third-order valence-electron chi connectivity index (χ3n) is 2.82. The number of halogens is 3. The predicted octanol–water partition coefficient (Wildman–Crippen LogP) is -0.387. The Bertz CT molecular complexity index is 341. The lowest BCUT2D eigenvalue weighted by Gasteiger charge is -2.44.